The fraction of sp³-hybridized carbons (Fsp3) is 0.579. The molecule has 0 bridgehead atoms. The molecule has 1 aliphatic rings. The maximum absolute atomic E-state index is 11.1. The Morgan fingerprint density at radius 2 is 2.08 bits per heavy atom. The van der Waals surface area contributed by atoms with Crippen molar-refractivity contribution in [3.05, 3.63) is 30.3 Å². The number of hydrogen-bond donors (Lipinski definition) is 2. The highest BCUT2D eigenvalue weighted by atomic mass is 16.5. The standard InChI is InChI=1S/C19H30N4O2/c1-20-19(21-13-8-4-7-11-18(24)25-2)22-16-12-14-23(15-16)17-9-5-3-6-10-17/h3,5-6,9-10,16H,4,7-8,11-15H2,1-2H3,(H2,20,21,22). The quantitative estimate of drug-likeness (QED) is 0.327. The van der Waals surface area contributed by atoms with Crippen molar-refractivity contribution < 1.29 is 9.53 Å². The van der Waals surface area contributed by atoms with Crippen molar-refractivity contribution in [2.24, 2.45) is 4.99 Å². The van der Waals surface area contributed by atoms with E-state index in [-0.39, 0.29) is 5.97 Å². The van der Waals surface area contributed by atoms with Crippen molar-refractivity contribution in [1.82, 2.24) is 10.6 Å². The van der Waals surface area contributed by atoms with E-state index in [1.165, 1.54) is 12.8 Å². The first-order chi connectivity index (χ1) is 12.2. The van der Waals surface area contributed by atoms with E-state index >= 15 is 0 Å². The van der Waals surface area contributed by atoms with Gasteiger partial charge in [-0.1, -0.05) is 24.6 Å². The predicted molar refractivity (Wildman–Crippen MR) is 102 cm³/mol. The highest BCUT2D eigenvalue weighted by Gasteiger charge is 2.23. The maximum atomic E-state index is 11.1. The zero-order valence-corrected chi connectivity index (χ0v) is 15.3. The van der Waals surface area contributed by atoms with Gasteiger partial charge in [0.05, 0.1) is 7.11 Å². The van der Waals surface area contributed by atoms with E-state index in [1.54, 1.807) is 7.05 Å². The number of anilines is 1. The average Bonchev–Trinajstić information content (AvgIpc) is 3.12. The highest BCUT2D eigenvalue weighted by molar-refractivity contribution is 5.80. The topological polar surface area (TPSA) is 66.0 Å². The molecule has 0 aliphatic carbocycles. The van der Waals surface area contributed by atoms with Crippen LogP contribution in [-0.2, 0) is 9.53 Å². The van der Waals surface area contributed by atoms with Gasteiger partial charge in [0.25, 0.3) is 0 Å². The van der Waals surface area contributed by atoms with Gasteiger partial charge in [0.15, 0.2) is 5.96 Å². The van der Waals surface area contributed by atoms with Gasteiger partial charge < -0.3 is 20.3 Å². The summed E-state index contributed by atoms with van der Waals surface area (Å²) in [5, 5.41) is 6.86. The van der Waals surface area contributed by atoms with E-state index in [9.17, 15) is 4.79 Å². The molecule has 1 heterocycles. The average molecular weight is 346 g/mol. The number of rotatable bonds is 8. The number of methoxy groups -OCH3 is 1. The zero-order chi connectivity index (χ0) is 17.9. The molecule has 138 valence electrons. The van der Waals surface area contributed by atoms with Crippen LogP contribution in [0.5, 0.6) is 0 Å². The van der Waals surface area contributed by atoms with Crippen molar-refractivity contribution >= 4 is 17.6 Å². The molecule has 1 aromatic rings. The smallest absolute Gasteiger partial charge is 0.305 e. The van der Waals surface area contributed by atoms with E-state index in [0.717, 1.165) is 51.3 Å². The molecular formula is C19H30N4O2. The third-order valence-electron chi connectivity index (χ3n) is 4.45. The second kappa shape index (κ2) is 10.6. The molecule has 1 aliphatic heterocycles. The van der Waals surface area contributed by atoms with Crippen molar-refractivity contribution in [3.8, 4) is 0 Å². The lowest BCUT2D eigenvalue weighted by Gasteiger charge is -2.20. The van der Waals surface area contributed by atoms with Crippen LogP contribution >= 0.6 is 0 Å². The summed E-state index contributed by atoms with van der Waals surface area (Å²) in [5.74, 6) is 0.725. The van der Waals surface area contributed by atoms with Crippen LogP contribution in [0.25, 0.3) is 0 Å². The molecule has 1 saturated heterocycles. The van der Waals surface area contributed by atoms with Crippen molar-refractivity contribution in [1.29, 1.82) is 0 Å². The molecular weight excluding hydrogens is 316 g/mol. The van der Waals surface area contributed by atoms with Crippen LogP contribution in [-0.4, -0.2) is 51.8 Å². The van der Waals surface area contributed by atoms with Crippen LogP contribution in [0.1, 0.15) is 32.1 Å². The minimum Gasteiger partial charge on any atom is -0.469 e. The molecule has 1 aromatic carbocycles. The second-order valence-corrected chi connectivity index (χ2v) is 6.30. The van der Waals surface area contributed by atoms with Gasteiger partial charge in [0.1, 0.15) is 0 Å². The molecule has 6 nitrogen and oxygen atoms in total. The summed E-state index contributed by atoms with van der Waals surface area (Å²) in [6.07, 6.45) is 4.49. The summed E-state index contributed by atoms with van der Waals surface area (Å²) < 4.78 is 4.64. The fourth-order valence-electron chi connectivity index (χ4n) is 3.02. The van der Waals surface area contributed by atoms with E-state index in [4.69, 9.17) is 0 Å². The minimum absolute atomic E-state index is 0.130. The number of unbranched alkanes of at least 4 members (excludes halogenated alkanes) is 2. The van der Waals surface area contributed by atoms with Crippen LogP contribution < -0.4 is 15.5 Å². The van der Waals surface area contributed by atoms with Crippen molar-refractivity contribution in [2.45, 2.75) is 38.1 Å². The number of guanidine groups is 1. The van der Waals surface area contributed by atoms with Crippen LogP contribution in [0.4, 0.5) is 5.69 Å². The van der Waals surface area contributed by atoms with Crippen LogP contribution in [0.2, 0.25) is 0 Å². The molecule has 1 fully saturated rings. The summed E-state index contributed by atoms with van der Waals surface area (Å²) >= 11 is 0. The van der Waals surface area contributed by atoms with E-state index in [2.05, 4.69) is 49.5 Å². The number of nitrogens with one attached hydrogen (secondary N) is 2. The third-order valence-corrected chi connectivity index (χ3v) is 4.45. The van der Waals surface area contributed by atoms with Gasteiger partial charge in [-0.15, -0.1) is 0 Å². The monoisotopic (exact) mass is 346 g/mol. The predicted octanol–water partition coefficient (Wildman–Crippen LogP) is 2.16. The largest absolute Gasteiger partial charge is 0.469 e. The summed E-state index contributed by atoms with van der Waals surface area (Å²) in [6.45, 7) is 2.91. The second-order valence-electron chi connectivity index (χ2n) is 6.30. The summed E-state index contributed by atoms with van der Waals surface area (Å²) in [4.78, 5) is 17.8. The van der Waals surface area contributed by atoms with E-state index in [1.807, 2.05) is 6.07 Å². The third kappa shape index (κ3) is 6.64. The molecule has 0 amide bonds. The first-order valence-corrected chi connectivity index (χ1v) is 9.07. The number of nitrogens with zero attached hydrogens (tertiary/aromatic N) is 2. The lowest BCUT2D eigenvalue weighted by molar-refractivity contribution is -0.140. The molecule has 0 spiro atoms. The number of para-hydroxylation sites is 1. The Kier molecular flexibility index (Phi) is 8.09. The number of ether oxygens (including phenoxy) is 1. The SMILES string of the molecule is CN=C(NCCCCCC(=O)OC)NC1CCN(c2ccccc2)C1. The first kappa shape index (κ1) is 19.1. The van der Waals surface area contributed by atoms with Gasteiger partial charge in [0, 0.05) is 44.8 Å². The number of esters is 1. The lowest BCUT2D eigenvalue weighted by atomic mass is 10.2. The molecule has 0 aromatic heterocycles. The highest BCUT2D eigenvalue weighted by Crippen LogP contribution is 2.19. The number of hydrogen-bond acceptors (Lipinski definition) is 4. The summed E-state index contributed by atoms with van der Waals surface area (Å²) in [5.41, 5.74) is 1.28. The van der Waals surface area contributed by atoms with Gasteiger partial charge >= 0.3 is 5.97 Å². The van der Waals surface area contributed by atoms with Crippen molar-refractivity contribution in [3.63, 3.8) is 0 Å². The Balaban J connectivity index is 1.63. The normalized spacial score (nSPS) is 17.4. The number of aliphatic imine (C=N–C) groups is 1. The van der Waals surface area contributed by atoms with Gasteiger partial charge in [-0.05, 0) is 31.4 Å². The van der Waals surface area contributed by atoms with Gasteiger partial charge in [0.2, 0.25) is 0 Å². The fourth-order valence-corrected chi connectivity index (χ4v) is 3.02. The summed E-state index contributed by atoms with van der Waals surface area (Å²) in [6, 6.07) is 10.9. The van der Waals surface area contributed by atoms with E-state index in [0.29, 0.717) is 12.5 Å². The molecule has 0 radical (unpaired) electrons. The molecule has 25 heavy (non-hydrogen) atoms. The number of benzene rings is 1. The van der Waals surface area contributed by atoms with Crippen LogP contribution in [0.3, 0.4) is 0 Å². The Hall–Kier alpha value is -2.24. The molecule has 1 atom stereocenters. The van der Waals surface area contributed by atoms with Crippen LogP contribution in [0.15, 0.2) is 35.3 Å². The molecule has 0 saturated carbocycles. The van der Waals surface area contributed by atoms with Gasteiger partial charge in [-0.2, -0.15) is 0 Å². The molecule has 2 rings (SSSR count). The minimum atomic E-state index is -0.130. The first-order valence-electron chi connectivity index (χ1n) is 9.07. The van der Waals surface area contributed by atoms with E-state index < -0.39 is 0 Å². The Labute approximate surface area is 150 Å². The number of carbonyl (C=O) groups excluding carboxylic acids is 1. The van der Waals surface area contributed by atoms with Crippen molar-refractivity contribution in [2.75, 3.05) is 38.7 Å². The summed E-state index contributed by atoms with van der Waals surface area (Å²) in [7, 11) is 3.23. The number of carbonyl (C=O) groups is 1. The Morgan fingerprint density at radius 3 is 2.80 bits per heavy atom. The van der Waals surface area contributed by atoms with Crippen LogP contribution in [0, 0.1) is 0 Å². The van der Waals surface area contributed by atoms with Gasteiger partial charge in [-0.3, -0.25) is 9.79 Å². The molecule has 2 N–H and O–H groups in total. The van der Waals surface area contributed by atoms with Gasteiger partial charge in [-0.25, -0.2) is 0 Å². The molecule has 6 heteroatoms. The molecule has 1 unspecified atom stereocenters. The lowest BCUT2D eigenvalue weighted by Crippen LogP contribution is -2.44. The maximum Gasteiger partial charge on any atom is 0.305 e. The Morgan fingerprint density at radius 1 is 1.28 bits per heavy atom. The zero-order valence-electron chi connectivity index (χ0n) is 15.3. The Bertz CT molecular complexity index is 548.